The van der Waals surface area contributed by atoms with Gasteiger partial charge in [0.1, 0.15) is 11.5 Å². The summed E-state index contributed by atoms with van der Waals surface area (Å²) >= 11 is 0. The highest BCUT2D eigenvalue weighted by atomic mass is 16.3. The number of carbonyl (C=O) groups excluding carboxylic acids is 2. The predicted molar refractivity (Wildman–Crippen MR) is 133 cm³/mol. The van der Waals surface area contributed by atoms with Crippen LogP contribution in [0.2, 0.25) is 0 Å². The van der Waals surface area contributed by atoms with Crippen molar-refractivity contribution in [2.45, 2.75) is 0 Å². The molecule has 8 heteroatoms. The second-order valence-electron chi connectivity index (χ2n) is 7.62. The Bertz CT molecular complexity index is 1290. The summed E-state index contributed by atoms with van der Waals surface area (Å²) in [6.45, 7) is 0. The van der Waals surface area contributed by atoms with Crippen LogP contribution < -0.4 is 22.1 Å². The average Bonchev–Trinajstić information content (AvgIpc) is 2.81. The number of carbonyl (C=O) groups is 2. The lowest BCUT2D eigenvalue weighted by Gasteiger charge is -2.12. The summed E-state index contributed by atoms with van der Waals surface area (Å²) in [6.07, 6.45) is 0. The number of phenolic OH excluding ortho intramolecular Hbond substituents is 2. The Balaban J connectivity index is 1.50. The predicted octanol–water partition coefficient (Wildman–Crippen LogP) is 4.43. The number of benzene rings is 4. The Morgan fingerprint density at radius 2 is 1.00 bits per heavy atom. The van der Waals surface area contributed by atoms with Crippen molar-refractivity contribution in [2.24, 2.45) is 0 Å². The molecular formula is C26H22N4O4. The van der Waals surface area contributed by atoms with Crippen LogP contribution in [0, 0.1) is 0 Å². The summed E-state index contributed by atoms with van der Waals surface area (Å²) in [5.41, 5.74) is 14.7. The van der Waals surface area contributed by atoms with E-state index in [0.717, 1.165) is 0 Å². The molecule has 4 rings (SSSR count). The van der Waals surface area contributed by atoms with Crippen LogP contribution in [0.5, 0.6) is 11.5 Å². The molecule has 0 atom stereocenters. The van der Waals surface area contributed by atoms with Crippen LogP contribution in [0.3, 0.4) is 0 Å². The molecule has 0 aromatic heterocycles. The molecule has 8 N–H and O–H groups in total. The minimum Gasteiger partial charge on any atom is -0.506 e. The largest absolute Gasteiger partial charge is 0.506 e. The number of hydrogen-bond acceptors (Lipinski definition) is 6. The lowest BCUT2D eigenvalue weighted by molar-refractivity contribution is 0.101. The van der Waals surface area contributed by atoms with Crippen molar-refractivity contribution >= 4 is 34.6 Å². The number of amides is 2. The Morgan fingerprint density at radius 1 is 0.588 bits per heavy atom. The molecule has 170 valence electrons. The quantitative estimate of drug-likeness (QED) is 0.194. The van der Waals surface area contributed by atoms with Gasteiger partial charge in [-0.15, -0.1) is 0 Å². The molecule has 8 nitrogen and oxygen atoms in total. The van der Waals surface area contributed by atoms with Gasteiger partial charge in [0, 0.05) is 22.5 Å². The highest BCUT2D eigenvalue weighted by molar-refractivity contribution is 6.06. The highest BCUT2D eigenvalue weighted by Crippen LogP contribution is 2.34. The summed E-state index contributed by atoms with van der Waals surface area (Å²) in [5.74, 6) is -1.11. The number of aromatic hydroxyl groups is 2. The maximum absolute atomic E-state index is 12.4. The zero-order valence-corrected chi connectivity index (χ0v) is 17.9. The van der Waals surface area contributed by atoms with Crippen LogP contribution in [0.25, 0.3) is 11.1 Å². The standard InChI is InChI=1S/C26H22N4O4/c27-19-5-1-3-17(11-19)25(33)29-21-9-7-15(13-23(21)31)16-8-10-22(24(32)14-16)30-26(34)18-4-2-6-20(28)12-18/h1-14,31-32H,27-28H2,(H,29,33)(H,30,34). The van der Waals surface area contributed by atoms with Gasteiger partial charge in [-0.25, -0.2) is 0 Å². The summed E-state index contributed by atoms with van der Waals surface area (Å²) in [7, 11) is 0. The fourth-order valence-electron chi connectivity index (χ4n) is 3.38. The summed E-state index contributed by atoms with van der Waals surface area (Å²) in [5, 5.41) is 26.1. The topological polar surface area (TPSA) is 151 Å². The normalized spacial score (nSPS) is 10.5. The maximum Gasteiger partial charge on any atom is 0.255 e. The summed E-state index contributed by atoms with van der Waals surface area (Å²) in [6, 6.07) is 22.4. The van der Waals surface area contributed by atoms with Gasteiger partial charge in [-0.2, -0.15) is 0 Å². The molecule has 0 saturated carbocycles. The molecule has 0 fully saturated rings. The number of nitrogen functional groups attached to an aromatic ring is 2. The Morgan fingerprint density at radius 3 is 1.35 bits per heavy atom. The van der Waals surface area contributed by atoms with E-state index in [1.54, 1.807) is 60.7 Å². The second-order valence-corrected chi connectivity index (χ2v) is 7.62. The number of hydrogen-bond donors (Lipinski definition) is 6. The molecule has 2 amide bonds. The number of rotatable bonds is 5. The zero-order valence-electron chi connectivity index (χ0n) is 17.9. The van der Waals surface area contributed by atoms with E-state index in [-0.39, 0.29) is 22.9 Å². The van der Waals surface area contributed by atoms with Gasteiger partial charge in [-0.3, -0.25) is 9.59 Å². The zero-order chi connectivity index (χ0) is 24.2. The molecule has 0 aliphatic rings. The van der Waals surface area contributed by atoms with Crippen molar-refractivity contribution in [2.75, 3.05) is 22.1 Å². The van der Waals surface area contributed by atoms with Crippen molar-refractivity contribution in [1.29, 1.82) is 0 Å². The van der Waals surface area contributed by atoms with Crippen LogP contribution in [0.15, 0.2) is 84.9 Å². The number of nitrogens with two attached hydrogens (primary N) is 2. The molecule has 0 bridgehead atoms. The van der Waals surface area contributed by atoms with Gasteiger partial charge in [-0.1, -0.05) is 24.3 Å². The molecule has 0 saturated heterocycles. The van der Waals surface area contributed by atoms with Crippen LogP contribution in [-0.4, -0.2) is 22.0 Å². The lowest BCUT2D eigenvalue weighted by atomic mass is 10.0. The van der Waals surface area contributed by atoms with Crippen LogP contribution in [0.4, 0.5) is 22.7 Å². The fourth-order valence-corrected chi connectivity index (χ4v) is 3.38. The van der Waals surface area contributed by atoms with E-state index < -0.39 is 11.8 Å². The van der Waals surface area contributed by atoms with Crippen molar-refractivity contribution < 1.29 is 19.8 Å². The molecule has 0 aliphatic heterocycles. The molecular weight excluding hydrogens is 432 g/mol. The minimum atomic E-state index is -0.409. The monoisotopic (exact) mass is 454 g/mol. The van der Waals surface area contributed by atoms with Gasteiger partial charge in [0.05, 0.1) is 11.4 Å². The first kappa shape index (κ1) is 22.2. The third-order valence-corrected chi connectivity index (χ3v) is 5.12. The van der Waals surface area contributed by atoms with E-state index in [1.165, 1.54) is 24.3 Å². The van der Waals surface area contributed by atoms with E-state index in [1.807, 2.05) is 0 Å². The Kier molecular flexibility index (Phi) is 6.05. The van der Waals surface area contributed by atoms with Crippen molar-refractivity contribution in [3.63, 3.8) is 0 Å². The van der Waals surface area contributed by atoms with E-state index in [9.17, 15) is 19.8 Å². The van der Waals surface area contributed by atoms with E-state index in [4.69, 9.17) is 11.5 Å². The van der Waals surface area contributed by atoms with Gasteiger partial charge >= 0.3 is 0 Å². The van der Waals surface area contributed by atoms with Crippen molar-refractivity contribution in [3.05, 3.63) is 96.1 Å². The van der Waals surface area contributed by atoms with E-state index in [0.29, 0.717) is 33.6 Å². The maximum atomic E-state index is 12.4. The fraction of sp³-hybridized carbons (Fsp3) is 0. The average molecular weight is 454 g/mol. The molecule has 4 aromatic carbocycles. The first-order valence-corrected chi connectivity index (χ1v) is 10.3. The van der Waals surface area contributed by atoms with E-state index in [2.05, 4.69) is 10.6 Å². The van der Waals surface area contributed by atoms with Crippen molar-refractivity contribution in [1.82, 2.24) is 0 Å². The smallest absolute Gasteiger partial charge is 0.255 e. The second kappa shape index (κ2) is 9.25. The Labute approximate surface area is 195 Å². The molecule has 4 aromatic rings. The molecule has 0 spiro atoms. The van der Waals surface area contributed by atoms with Crippen LogP contribution >= 0.6 is 0 Å². The molecule has 0 heterocycles. The van der Waals surface area contributed by atoms with Gasteiger partial charge < -0.3 is 32.3 Å². The molecule has 34 heavy (non-hydrogen) atoms. The number of nitrogens with one attached hydrogen (secondary N) is 2. The SMILES string of the molecule is Nc1cccc(C(=O)Nc2ccc(-c3ccc(NC(=O)c4cccc(N)c4)c(O)c3)cc2O)c1. The molecule has 0 unspecified atom stereocenters. The van der Waals surface area contributed by atoms with Crippen LogP contribution in [0.1, 0.15) is 20.7 Å². The first-order valence-electron chi connectivity index (χ1n) is 10.3. The van der Waals surface area contributed by atoms with Gasteiger partial charge in [0.15, 0.2) is 0 Å². The van der Waals surface area contributed by atoms with Crippen molar-refractivity contribution in [3.8, 4) is 22.6 Å². The van der Waals surface area contributed by atoms with Gasteiger partial charge in [0.2, 0.25) is 0 Å². The first-order chi connectivity index (χ1) is 16.3. The molecule has 0 radical (unpaired) electrons. The number of anilines is 4. The van der Waals surface area contributed by atoms with Gasteiger partial charge in [0.25, 0.3) is 11.8 Å². The minimum absolute atomic E-state index is 0.145. The summed E-state index contributed by atoms with van der Waals surface area (Å²) in [4.78, 5) is 24.8. The lowest BCUT2D eigenvalue weighted by Crippen LogP contribution is -2.12. The van der Waals surface area contributed by atoms with Gasteiger partial charge in [-0.05, 0) is 71.8 Å². The Hall–Kier alpha value is -4.98. The molecule has 0 aliphatic carbocycles. The highest BCUT2D eigenvalue weighted by Gasteiger charge is 2.13. The third-order valence-electron chi connectivity index (χ3n) is 5.12. The van der Waals surface area contributed by atoms with E-state index >= 15 is 0 Å². The van der Waals surface area contributed by atoms with Crippen LogP contribution in [-0.2, 0) is 0 Å². The summed E-state index contributed by atoms with van der Waals surface area (Å²) < 4.78 is 0. The third kappa shape index (κ3) is 4.91. The number of phenols is 2.